The molecule has 0 bridgehead atoms. The van der Waals surface area contributed by atoms with E-state index in [1.165, 1.54) is 16.7 Å². The molecule has 3 rings (SSSR count). The molecule has 7 nitrogen and oxygen atoms in total. The zero-order chi connectivity index (χ0) is 19.4. The van der Waals surface area contributed by atoms with E-state index < -0.39 is 12.0 Å². The molecule has 0 radical (unpaired) electrons. The molecule has 1 aliphatic rings. The molecule has 3 N–H and O–H groups in total. The number of quaternary nitrogens is 1. The van der Waals surface area contributed by atoms with Crippen LogP contribution < -0.4 is 15.5 Å². The number of urea groups is 1. The highest BCUT2D eigenvalue weighted by atomic mass is 32.1. The van der Waals surface area contributed by atoms with Crippen LogP contribution in [0.3, 0.4) is 0 Å². The molecular formula is C19H24N3O4S+. The lowest BCUT2D eigenvalue weighted by Crippen LogP contribution is -3.08. The third-order valence-corrected chi connectivity index (χ3v) is 5.41. The summed E-state index contributed by atoms with van der Waals surface area (Å²) in [6.45, 7) is 5.38. The summed E-state index contributed by atoms with van der Waals surface area (Å²) in [4.78, 5) is 27.3. The molecule has 1 aliphatic heterocycles. The number of likely N-dealkylation sites (N-methyl/N-ethyl adjacent to an activating group) is 1. The number of esters is 1. The first-order valence-corrected chi connectivity index (χ1v) is 9.73. The van der Waals surface area contributed by atoms with E-state index in [-0.39, 0.29) is 12.6 Å². The van der Waals surface area contributed by atoms with Gasteiger partial charge in [-0.1, -0.05) is 0 Å². The van der Waals surface area contributed by atoms with Crippen molar-refractivity contribution < 1.29 is 23.6 Å². The zero-order valence-corrected chi connectivity index (χ0v) is 16.4. The van der Waals surface area contributed by atoms with Crippen molar-refractivity contribution in [2.24, 2.45) is 0 Å². The predicted molar refractivity (Wildman–Crippen MR) is 101 cm³/mol. The number of hydrogen-bond acceptors (Lipinski definition) is 5. The van der Waals surface area contributed by atoms with Gasteiger partial charge in [-0.2, -0.15) is 0 Å². The van der Waals surface area contributed by atoms with Gasteiger partial charge in [0.1, 0.15) is 24.9 Å². The van der Waals surface area contributed by atoms with E-state index in [2.05, 4.69) is 29.0 Å². The van der Waals surface area contributed by atoms with Gasteiger partial charge in [0.25, 0.3) is 0 Å². The van der Waals surface area contributed by atoms with E-state index in [1.54, 1.807) is 30.4 Å². The summed E-state index contributed by atoms with van der Waals surface area (Å²) in [5.41, 5.74) is 2.20. The number of hydrogen-bond donors (Lipinski definition) is 3. The van der Waals surface area contributed by atoms with E-state index in [1.807, 2.05) is 7.05 Å². The molecule has 0 aliphatic carbocycles. The average molecular weight is 390 g/mol. The lowest BCUT2D eigenvalue weighted by atomic mass is 10.00. The van der Waals surface area contributed by atoms with E-state index in [4.69, 9.17) is 9.15 Å². The molecule has 2 aromatic rings. The number of carbonyl (C=O) groups excluding carboxylic acids is 2. The van der Waals surface area contributed by atoms with Crippen LogP contribution in [-0.2, 0) is 16.1 Å². The topological polar surface area (TPSA) is 85.0 Å². The second-order valence-corrected chi connectivity index (χ2v) is 7.50. The van der Waals surface area contributed by atoms with Crippen molar-refractivity contribution >= 4 is 23.3 Å². The van der Waals surface area contributed by atoms with Crippen LogP contribution in [0.1, 0.15) is 29.2 Å². The van der Waals surface area contributed by atoms with Gasteiger partial charge in [0, 0.05) is 0 Å². The Hall–Kier alpha value is -2.58. The predicted octanol–water partition coefficient (Wildman–Crippen LogP) is 1.54. The van der Waals surface area contributed by atoms with E-state index >= 15 is 0 Å². The van der Waals surface area contributed by atoms with Crippen LogP contribution >= 0.6 is 11.3 Å². The Labute approximate surface area is 162 Å². The molecular weight excluding hydrogens is 366 g/mol. The summed E-state index contributed by atoms with van der Waals surface area (Å²) in [5, 5.41) is 7.62. The number of furan rings is 1. The lowest BCUT2D eigenvalue weighted by molar-refractivity contribution is -0.888. The van der Waals surface area contributed by atoms with Crippen LogP contribution in [0.2, 0.25) is 0 Å². The van der Waals surface area contributed by atoms with Gasteiger partial charge in [-0.25, -0.2) is 9.59 Å². The number of ether oxygens (including phenoxy) is 1. The van der Waals surface area contributed by atoms with Crippen molar-refractivity contribution in [3.05, 3.63) is 57.3 Å². The van der Waals surface area contributed by atoms with Gasteiger partial charge in [0.05, 0.1) is 36.1 Å². The first-order chi connectivity index (χ1) is 13.0. The van der Waals surface area contributed by atoms with Crippen LogP contribution in [-0.4, -0.2) is 32.2 Å². The second-order valence-electron chi connectivity index (χ2n) is 6.50. The minimum absolute atomic E-state index is 0.255. The molecule has 27 heavy (non-hydrogen) atoms. The van der Waals surface area contributed by atoms with Crippen molar-refractivity contribution in [1.29, 1.82) is 0 Å². The van der Waals surface area contributed by atoms with Gasteiger partial charge in [-0.15, -0.1) is 11.3 Å². The summed E-state index contributed by atoms with van der Waals surface area (Å²) in [6, 6.07) is 4.52. The molecule has 0 spiro atoms. The van der Waals surface area contributed by atoms with Crippen molar-refractivity contribution in [2.75, 3.05) is 20.2 Å². The second kappa shape index (κ2) is 8.41. The summed E-state index contributed by atoms with van der Waals surface area (Å²) in [6.07, 6.45) is 1.52. The van der Waals surface area contributed by atoms with Crippen molar-refractivity contribution in [3.63, 3.8) is 0 Å². The van der Waals surface area contributed by atoms with Crippen LogP contribution in [0.15, 0.2) is 45.5 Å². The summed E-state index contributed by atoms with van der Waals surface area (Å²) in [5.74, 6) is 0.0404. The molecule has 2 aromatic heterocycles. The fourth-order valence-corrected chi connectivity index (χ4v) is 4.12. The van der Waals surface area contributed by atoms with E-state index in [0.717, 1.165) is 11.4 Å². The maximum Gasteiger partial charge on any atom is 0.338 e. The molecule has 2 atom stereocenters. The number of thiophene rings is 1. The summed E-state index contributed by atoms with van der Waals surface area (Å²) >= 11 is 1.71. The minimum atomic E-state index is -0.668. The highest BCUT2D eigenvalue weighted by molar-refractivity contribution is 7.10. The van der Waals surface area contributed by atoms with Gasteiger partial charge >= 0.3 is 12.0 Å². The molecule has 144 valence electrons. The van der Waals surface area contributed by atoms with Crippen LogP contribution in [0.25, 0.3) is 0 Å². The highest BCUT2D eigenvalue weighted by Gasteiger charge is 2.36. The standard InChI is InChI=1S/C19H23N3O4S/c1-4-25-18(23)16-13(10-22(3)11-15-12(2)7-9-27-15)20-19(24)21-17(16)14-6-5-8-26-14/h5-9,17H,4,10-11H2,1-3H3,(H2,20,21,24)/p+1/t17-/m1/s1. The fourth-order valence-electron chi connectivity index (χ4n) is 3.10. The molecule has 0 saturated heterocycles. The fraction of sp³-hybridized carbons (Fsp3) is 0.368. The number of rotatable bonds is 7. The Morgan fingerprint density at radius 1 is 1.37 bits per heavy atom. The number of aryl methyl sites for hydroxylation is 1. The molecule has 3 heterocycles. The van der Waals surface area contributed by atoms with Gasteiger partial charge < -0.3 is 24.7 Å². The smallest absolute Gasteiger partial charge is 0.338 e. The van der Waals surface area contributed by atoms with Gasteiger partial charge in [0.2, 0.25) is 0 Å². The molecule has 8 heteroatoms. The summed E-state index contributed by atoms with van der Waals surface area (Å²) in [7, 11) is 2.03. The molecule has 0 aromatic carbocycles. The Morgan fingerprint density at radius 3 is 2.81 bits per heavy atom. The Bertz CT molecular complexity index is 841. The van der Waals surface area contributed by atoms with Crippen LogP contribution in [0.5, 0.6) is 0 Å². The first-order valence-electron chi connectivity index (χ1n) is 8.85. The summed E-state index contributed by atoms with van der Waals surface area (Å²) < 4.78 is 10.7. The largest absolute Gasteiger partial charge is 0.467 e. The average Bonchev–Trinajstić information content (AvgIpc) is 3.27. The van der Waals surface area contributed by atoms with E-state index in [9.17, 15) is 9.59 Å². The molecule has 0 saturated carbocycles. The van der Waals surface area contributed by atoms with Crippen LogP contribution in [0.4, 0.5) is 4.79 Å². The van der Waals surface area contributed by atoms with Crippen molar-refractivity contribution in [1.82, 2.24) is 10.6 Å². The SMILES string of the molecule is CCOC(=O)C1=C(C[NH+](C)Cc2sccc2C)NC(=O)N[C@@H]1c1ccco1. The van der Waals surface area contributed by atoms with Gasteiger partial charge in [0.15, 0.2) is 0 Å². The molecule has 0 fully saturated rings. The maximum atomic E-state index is 12.7. The lowest BCUT2D eigenvalue weighted by Gasteiger charge is -2.28. The highest BCUT2D eigenvalue weighted by Crippen LogP contribution is 2.27. The normalized spacial score (nSPS) is 18.0. The minimum Gasteiger partial charge on any atom is -0.467 e. The van der Waals surface area contributed by atoms with Crippen LogP contribution in [0, 0.1) is 6.92 Å². The third kappa shape index (κ3) is 4.40. The first kappa shape index (κ1) is 19.2. The number of amides is 2. The molecule has 1 unspecified atom stereocenters. The third-order valence-electron chi connectivity index (χ3n) is 4.39. The Kier molecular flexibility index (Phi) is 5.98. The van der Waals surface area contributed by atoms with Crippen molar-refractivity contribution in [2.45, 2.75) is 26.4 Å². The zero-order valence-electron chi connectivity index (χ0n) is 15.6. The van der Waals surface area contributed by atoms with Crippen molar-refractivity contribution in [3.8, 4) is 0 Å². The molecule has 2 amide bonds. The number of nitrogens with one attached hydrogen (secondary N) is 3. The number of carbonyl (C=O) groups is 2. The van der Waals surface area contributed by atoms with Gasteiger partial charge in [-0.05, 0) is 43.0 Å². The Balaban J connectivity index is 1.90. The van der Waals surface area contributed by atoms with E-state index in [0.29, 0.717) is 23.6 Å². The maximum absolute atomic E-state index is 12.7. The Morgan fingerprint density at radius 2 is 2.19 bits per heavy atom. The monoisotopic (exact) mass is 390 g/mol. The van der Waals surface area contributed by atoms with Gasteiger partial charge in [-0.3, -0.25) is 0 Å². The quantitative estimate of drug-likeness (QED) is 0.626.